The van der Waals surface area contributed by atoms with Gasteiger partial charge in [-0.05, 0) is 13.3 Å². The second-order valence-corrected chi connectivity index (χ2v) is 4.43. The first kappa shape index (κ1) is 19.7. The summed E-state index contributed by atoms with van der Waals surface area (Å²) in [6, 6.07) is 0. The van der Waals surface area contributed by atoms with Gasteiger partial charge in [-0.15, -0.1) is 0 Å². The van der Waals surface area contributed by atoms with Gasteiger partial charge in [0.2, 0.25) is 0 Å². The highest BCUT2D eigenvalue weighted by atomic mass is 16.6. The van der Waals surface area contributed by atoms with Crippen LogP contribution in [0, 0.1) is 0 Å². The molecule has 3 N–H and O–H groups in total. The fourth-order valence-electron chi connectivity index (χ4n) is 1.59. The van der Waals surface area contributed by atoms with E-state index >= 15 is 0 Å². The minimum atomic E-state index is -0.659. The van der Waals surface area contributed by atoms with Gasteiger partial charge in [0.15, 0.2) is 0 Å². The van der Waals surface area contributed by atoms with Crippen LogP contribution in [0.5, 0.6) is 0 Å². The molecule has 0 aromatic heterocycles. The first-order valence-corrected chi connectivity index (χ1v) is 7.22. The van der Waals surface area contributed by atoms with E-state index in [4.69, 9.17) is 5.11 Å². The molecule has 0 unspecified atom stereocenters. The maximum atomic E-state index is 10.2. The Morgan fingerprint density at radius 2 is 1.33 bits per heavy atom. The average Bonchev–Trinajstić information content (AvgIpc) is 2.37. The van der Waals surface area contributed by atoms with Gasteiger partial charge < -0.3 is 9.94 Å². The van der Waals surface area contributed by atoms with Crippen molar-refractivity contribution in [3.8, 4) is 0 Å². The quantitative estimate of drug-likeness (QED) is 0.437. The third kappa shape index (κ3) is 24.6. The van der Waals surface area contributed by atoms with E-state index < -0.39 is 5.97 Å². The van der Waals surface area contributed by atoms with Crippen LogP contribution in [0.2, 0.25) is 0 Å². The van der Waals surface area contributed by atoms with Crippen molar-refractivity contribution in [2.45, 2.75) is 78.1 Å². The van der Waals surface area contributed by atoms with E-state index in [0.29, 0.717) is 13.0 Å². The summed E-state index contributed by atoms with van der Waals surface area (Å²) in [5.41, 5.74) is 0. The summed E-state index contributed by atoms with van der Waals surface area (Å²) in [6.45, 7) is 4.66. The predicted molar refractivity (Wildman–Crippen MR) is 75.3 cm³/mol. The Balaban J connectivity index is 0. The molecule has 0 bridgehead atoms. The molecule has 0 rings (SSSR count). The molecule has 0 fully saturated rings. The van der Waals surface area contributed by atoms with Crippen molar-refractivity contribution in [3.63, 3.8) is 0 Å². The molecule has 4 nitrogen and oxygen atoms in total. The summed E-state index contributed by atoms with van der Waals surface area (Å²) in [4.78, 5) is 14.2. The van der Waals surface area contributed by atoms with Gasteiger partial charge in [0, 0.05) is 6.42 Å². The summed E-state index contributed by atoms with van der Waals surface area (Å²) in [5.74, 6) is 3.87. The molecular formula is C14H31NO3. The first-order chi connectivity index (χ1) is 8.68. The summed E-state index contributed by atoms with van der Waals surface area (Å²) >= 11 is 0. The van der Waals surface area contributed by atoms with E-state index in [2.05, 4.69) is 17.7 Å². The largest absolute Gasteiger partial charge is 0.481 e. The zero-order valence-corrected chi connectivity index (χ0v) is 12.1. The molecule has 0 spiro atoms. The van der Waals surface area contributed by atoms with E-state index in [1.165, 1.54) is 44.9 Å². The van der Waals surface area contributed by atoms with Gasteiger partial charge >= 0.3 is 5.97 Å². The zero-order valence-electron chi connectivity index (χ0n) is 12.1. The summed E-state index contributed by atoms with van der Waals surface area (Å²) in [6.07, 6.45) is 11.5. The molecular weight excluding hydrogens is 230 g/mol. The Bertz CT molecular complexity index is 161. The van der Waals surface area contributed by atoms with Crippen molar-refractivity contribution in [2.24, 2.45) is 5.90 Å². The molecule has 0 atom stereocenters. The van der Waals surface area contributed by atoms with Crippen LogP contribution in [0.25, 0.3) is 0 Å². The lowest BCUT2D eigenvalue weighted by atomic mass is 10.1. The molecule has 0 saturated heterocycles. The third-order valence-corrected chi connectivity index (χ3v) is 2.66. The van der Waals surface area contributed by atoms with Crippen LogP contribution in [-0.4, -0.2) is 17.7 Å². The van der Waals surface area contributed by atoms with Crippen molar-refractivity contribution in [2.75, 3.05) is 6.61 Å². The molecule has 0 aliphatic rings. The molecule has 0 radical (unpaired) electrons. The van der Waals surface area contributed by atoms with Crippen molar-refractivity contribution in [1.82, 2.24) is 0 Å². The van der Waals surface area contributed by atoms with Gasteiger partial charge in [0.25, 0.3) is 0 Å². The fraction of sp³-hybridized carbons (Fsp3) is 0.929. The van der Waals surface area contributed by atoms with Gasteiger partial charge in [-0.25, -0.2) is 5.90 Å². The molecule has 0 aromatic carbocycles. The van der Waals surface area contributed by atoms with Gasteiger partial charge in [-0.3, -0.25) is 4.79 Å². The van der Waals surface area contributed by atoms with E-state index in [0.717, 1.165) is 12.8 Å². The van der Waals surface area contributed by atoms with Crippen molar-refractivity contribution >= 4 is 5.97 Å². The van der Waals surface area contributed by atoms with E-state index in [9.17, 15) is 4.79 Å². The SMILES string of the molecule is CCCCCCCCCCCC(=O)O.CCON. The van der Waals surface area contributed by atoms with Crippen LogP contribution in [0.15, 0.2) is 0 Å². The second-order valence-electron chi connectivity index (χ2n) is 4.43. The number of rotatable bonds is 11. The van der Waals surface area contributed by atoms with Crippen molar-refractivity contribution in [1.29, 1.82) is 0 Å². The van der Waals surface area contributed by atoms with Crippen LogP contribution in [0.3, 0.4) is 0 Å². The maximum absolute atomic E-state index is 10.2. The van der Waals surface area contributed by atoms with E-state index in [1.54, 1.807) is 0 Å². The molecule has 4 heteroatoms. The highest BCUT2D eigenvalue weighted by Crippen LogP contribution is 2.10. The standard InChI is InChI=1S/C12H24O2.C2H7NO/c1-2-3-4-5-6-7-8-9-10-11-12(13)14;1-2-4-3/h2-11H2,1H3,(H,13,14);2-3H2,1H3. The number of carboxylic acid groups (broad SMARTS) is 1. The number of hydrogen-bond donors (Lipinski definition) is 2. The van der Waals surface area contributed by atoms with Gasteiger partial charge in [0.1, 0.15) is 0 Å². The van der Waals surface area contributed by atoms with Gasteiger partial charge in [-0.2, -0.15) is 0 Å². The van der Waals surface area contributed by atoms with Crippen LogP contribution in [0.1, 0.15) is 78.1 Å². The van der Waals surface area contributed by atoms with E-state index in [1.807, 2.05) is 6.92 Å². The number of nitrogens with two attached hydrogens (primary N) is 1. The molecule has 0 aliphatic heterocycles. The Labute approximate surface area is 112 Å². The molecule has 0 aliphatic carbocycles. The Hall–Kier alpha value is -0.610. The normalized spacial score (nSPS) is 9.72. The summed E-state index contributed by atoms with van der Waals surface area (Å²) in [7, 11) is 0. The number of hydrogen-bond acceptors (Lipinski definition) is 3. The molecule has 110 valence electrons. The van der Waals surface area contributed by atoms with Gasteiger partial charge in [0.05, 0.1) is 6.61 Å². The third-order valence-electron chi connectivity index (χ3n) is 2.66. The molecule has 18 heavy (non-hydrogen) atoms. The van der Waals surface area contributed by atoms with Crippen LogP contribution in [0.4, 0.5) is 0 Å². The monoisotopic (exact) mass is 261 g/mol. The number of aliphatic carboxylic acids is 1. The highest BCUT2D eigenvalue weighted by molar-refractivity contribution is 5.66. The number of carboxylic acids is 1. The second kappa shape index (κ2) is 18.7. The molecule has 0 aromatic rings. The van der Waals surface area contributed by atoms with Crippen molar-refractivity contribution in [3.05, 3.63) is 0 Å². The summed E-state index contributed by atoms with van der Waals surface area (Å²) < 4.78 is 0. The zero-order chi connectivity index (χ0) is 14.1. The fourth-order valence-corrected chi connectivity index (χ4v) is 1.59. The van der Waals surface area contributed by atoms with E-state index in [-0.39, 0.29) is 0 Å². The lowest BCUT2D eigenvalue weighted by molar-refractivity contribution is -0.137. The number of carbonyl (C=O) groups is 1. The van der Waals surface area contributed by atoms with Crippen LogP contribution < -0.4 is 5.90 Å². The Morgan fingerprint density at radius 1 is 0.944 bits per heavy atom. The number of unbranched alkanes of at least 4 members (excludes halogenated alkanes) is 8. The average molecular weight is 261 g/mol. The van der Waals surface area contributed by atoms with Crippen molar-refractivity contribution < 1.29 is 14.7 Å². The lowest BCUT2D eigenvalue weighted by Crippen LogP contribution is -1.94. The topological polar surface area (TPSA) is 72.5 Å². The first-order valence-electron chi connectivity index (χ1n) is 7.22. The Morgan fingerprint density at radius 3 is 1.67 bits per heavy atom. The smallest absolute Gasteiger partial charge is 0.303 e. The predicted octanol–water partition coefficient (Wildman–Crippen LogP) is 3.89. The minimum Gasteiger partial charge on any atom is -0.481 e. The molecule has 0 heterocycles. The van der Waals surface area contributed by atoms with Crippen LogP contribution in [-0.2, 0) is 9.63 Å². The summed E-state index contributed by atoms with van der Waals surface area (Å²) in [5, 5.41) is 8.41. The molecule has 0 saturated carbocycles. The molecule has 0 amide bonds. The minimum absolute atomic E-state index is 0.343. The van der Waals surface area contributed by atoms with Crippen LogP contribution >= 0.6 is 0 Å². The van der Waals surface area contributed by atoms with Gasteiger partial charge in [-0.1, -0.05) is 58.3 Å². The Kier molecular flexibility index (Phi) is 20.5. The maximum Gasteiger partial charge on any atom is 0.303 e. The highest BCUT2D eigenvalue weighted by Gasteiger charge is 1.96. The lowest BCUT2D eigenvalue weighted by Gasteiger charge is -2.00.